The fraction of sp³-hybridized carbons (Fsp3) is 0.818. The van der Waals surface area contributed by atoms with Gasteiger partial charge in [0, 0.05) is 32.0 Å². The molecule has 0 spiro atoms. The first-order chi connectivity index (χ1) is 6.57. The third-order valence-electron chi connectivity index (χ3n) is 2.76. The van der Waals surface area contributed by atoms with Crippen LogP contribution in [0, 0.1) is 11.8 Å². The Bertz CT molecular complexity index is 231. The first-order valence-corrected chi connectivity index (χ1v) is 5.15. The molecule has 3 heteroatoms. The van der Waals surface area contributed by atoms with Crippen LogP contribution in [0.5, 0.6) is 0 Å². The zero-order chi connectivity index (χ0) is 10.6. The van der Waals surface area contributed by atoms with E-state index in [1.807, 2.05) is 0 Å². The molecule has 3 nitrogen and oxygen atoms in total. The van der Waals surface area contributed by atoms with E-state index in [1.54, 1.807) is 0 Å². The second-order valence-corrected chi connectivity index (χ2v) is 4.12. The lowest BCUT2D eigenvalue weighted by molar-refractivity contribution is 0.0176. The molecule has 0 amide bonds. The lowest BCUT2D eigenvalue weighted by atomic mass is 9.91. The van der Waals surface area contributed by atoms with Crippen LogP contribution in [0.3, 0.4) is 0 Å². The van der Waals surface area contributed by atoms with E-state index in [2.05, 4.69) is 30.6 Å². The molecule has 0 unspecified atom stereocenters. The van der Waals surface area contributed by atoms with Gasteiger partial charge < -0.3 is 15.1 Å². The minimum absolute atomic E-state index is 0.170. The number of aliphatic hydroxyl groups is 2. The van der Waals surface area contributed by atoms with Crippen molar-refractivity contribution < 1.29 is 10.2 Å². The SMILES string of the molecule is CC(C)N1CCC(O)(C#CCO)CC1. The summed E-state index contributed by atoms with van der Waals surface area (Å²) in [6.07, 6.45) is 1.36. The van der Waals surface area contributed by atoms with Gasteiger partial charge in [0.1, 0.15) is 12.2 Å². The van der Waals surface area contributed by atoms with Crippen LogP contribution in [0.1, 0.15) is 26.7 Å². The molecule has 0 saturated carbocycles. The average molecular weight is 197 g/mol. The van der Waals surface area contributed by atoms with E-state index in [0.717, 1.165) is 13.1 Å². The molecule has 80 valence electrons. The predicted octanol–water partition coefficient (Wildman–Crippen LogP) is 0.217. The van der Waals surface area contributed by atoms with Gasteiger partial charge >= 0.3 is 0 Å². The van der Waals surface area contributed by atoms with E-state index < -0.39 is 5.60 Å². The Balaban J connectivity index is 2.49. The van der Waals surface area contributed by atoms with Gasteiger partial charge in [-0.1, -0.05) is 11.8 Å². The molecule has 2 N–H and O–H groups in total. The van der Waals surface area contributed by atoms with E-state index in [-0.39, 0.29) is 6.61 Å². The van der Waals surface area contributed by atoms with E-state index in [4.69, 9.17) is 5.11 Å². The molecule has 0 bridgehead atoms. The third kappa shape index (κ3) is 2.98. The molecule has 14 heavy (non-hydrogen) atoms. The smallest absolute Gasteiger partial charge is 0.128 e. The highest BCUT2D eigenvalue weighted by Crippen LogP contribution is 2.22. The summed E-state index contributed by atoms with van der Waals surface area (Å²) in [7, 11) is 0. The number of nitrogens with zero attached hydrogens (tertiary/aromatic N) is 1. The minimum Gasteiger partial charge on any atom is -0.384 e. The summed E-state index contributed by atoms with van der Waals surface area (Å²) >= 11 is 0. The maximum atomic E-state index is 9.99. The minimum atomic E-state index is -0.867. The quantitative estimate of drug-likeness (QED) is 0.591. The van der Waals surface area contributed by atoms with Crippen molar-refractivity contribution in [1.29, 1.82) is 0 Å². The highest BCUT2D eigenvalue weighted by Gasteiger charge is 2.30. The maximum Gasteiger partial charge on any atom is 0.128 e. The van der Waals surface area contributed by atoms with Crippen molar-refractivity contribution in [3.05, 3.63) is 0 Å². The van der Waals surface area contributed by atoms with Gasteiger partial charge in [-0.15, -0.1) is 0 Å². The van der Waals surface area contributed by atoms with E-state index in [9.17, 15) is 5.11 Å². The standard InChI is InChI=1S/C11H19NO2/c1-10(2)12-7-5-11(14,6-8-12)4-3-9-13/h10,13-14H,5-9H2,1-2H3. The fourth-order valence-electron chi connectivity index (χ4n) is 1.74. The number of hydrogen-bond acceptors (Lipinski definition) is 3. The molecule has 1 fully saturated rings. The number of piperidine rings is 1. The largest absolute Gasteiger partial charge is 0.384 e. The van der Waals surface area contributed by atoms with Gasteiger partial charge in [0.25, 0.3) is 0 Å². The van der Waals surface area contributed by atoms with Crippen LogP contribution in [0.15, 0.2) is 0 Å². The summed E-state index contributed by atoms with van der Waals surface area (Å²) in [5.41, 5.74) is -0.867. The molecule has 0 radical (unpaired) electrons. The van der Waals surface area contributed by atoms with Crippen molar-refractivity contribution in [3.63, 3.8) is 0 Å². The molecule has 0 aromatic rings. The Morgan fingerprint density at radius 3 is 2.36 bits per heavy atom. The van der Waals surface area contributed by atoms with E-state index >= 15 is 0 Å². The van der Waals surface area contributed by atoms with Gasteiger partial charge in [-0.25, -0.2) is 0 Å². The van der Waals surface area contributed by atoms with Crippen molar-refractivity contribution in [2.45, 2.75) is 38.3 Å². The molecular weight excluding hydrogens is 178 g/mol. The molecule has 0 atom stereocenters. The summed E-state index contributed by atoms with van der Waals surface area (Å²) in [4.78, 5) is 2.33. The Labute approximate surface area is 85.7 Å². The summed E-state index contributed by atoms with van der Waals surface area (Å²) in [6, 6.07) is 0.533. The Morgan fingerprint density at radius 2 is 1.93 bits per heavy atom. The molecule has 1 rings (SSSR count). The van der Waals surface area contributed by atoms with Crippen LogP contribution in [-0.4, -0.2) is 46.5 Å². The third-order valence-corrected chi connectivity index (χ3v) is 2.76. The molecule has 0 aromatic heterocycles. The average Bonchev–Trinajstić information content (AvgIpc) is 2.16. The van der Waals surface area contributed by atoms with Crippen molar-refractivity contribution >= 4 is 0 Å². The zero-order valence-electron chi connectivity index (χ0n) is 8.95. The van der Waals surface area contributed by atoms with E-state index in [1.165, 1.54) is 0 Å². The first-order valence-electron chi connectivity index (χ1n) is 5.15. The molecule has 1 aliphatic heterocycles. The Morgan fingerprint density at radius 1 is 1.36 bits per heavy atom. The number of rotatable bonds is 1. The fourth-order valence-corrected chi connectivity index (χ4v) is 1.74. The highest BCUT2D eigenvalue weighted by molar-refractivity contribution is 5.15. The van der Waals surface area contributed by atoms with Gasteiger partial charge in [0.15, 0.2) is 0 Å². The van der Waals surface area contributed by atoms with Gasteiger partial charge in [0.2, 0.25) is 0 Å². The van der Waals surface area contributed by atoms with Crippen LogP contribution in [0.2, 0.25) is 0 Å². The second-order valence-electron chi connectivity index (χ2n) is 4.12. The molecule has 0 aliphatic carbocycles. The maximum absolute atomic E-state index is 9.99. The normalized spacial score (nSPS) is 21.8. The lowest BCUT2D eigenvalue weighted by Crippen LogP contribution is -2.46. The summed E-state index contributed by atoms with van der Waals surface area (Å²) in [5, 5.41) is 18.5. The van der Waals surface area contributed by atoms with Crippen LogP contribution in [0.25, 0.3) is 0 Å². The monoisotopic (exact) mass is 197 g/mol. The van der Waals surface area contributed by atoms with Gasteiger partial charge in [-0.05, 0) is 13.8 Å². The second kappa shape index (κ2) is 4.79. The first kappa shape index (κ1) is 11.5. The molecule has 1 saturated heterocycles. The molecule has 0 aromatic carbocycles. The Hall–Kier alpha value is -0.560. The van der Waals surface area contributed by atoms with Gasteiger partial charge in [0.05, 0.1) is 0 Å². The summed E-state index contributed by atoms with van der Waals surface area (Å²) in [6.45, 7) is 5.91. The van der Waals surface area contributed by atoms with Gasteiger partial charge in [-0.3, -0.25) is 0 Å². The van der Waals surface area contributed by atoms with Gasteiger partial charge in [-0.2, -0.15) is 0 Å². The van der Waals surface area contributed by atoms with Crippen LogP contribution in [0.4, 0.5) is 0 Å². The number of hydrogen-bond donors (Lipinski definition) is 2. The number of likely N-dealkylation sites (tertiary alicyclic amines) is 1. The lowest BCUT2D eigenvalue weighted by Gasteiger charge is -2.37. The zero-order valence-corrected chi connectivity index (χ0v) is 8.95. The predicted molar refractivity (Wildman–Crippen MR) is 55.8 cm³/mol. The number of aliphatic hydroxyl groups excluding tert-OH is 1. The van der Waals surface area contributed by atoms with Crippen LogP contribution < -0.4 is 0 Å². The summed E-state index contributed by atoms with van der Waals surface area (Å²) in [5.74, 6) is 5.28. The molecular formula is C11H19NO2. The van der Waals surface area contributed by atoms with E-state index in [0.29, 0.717) is 18.9 Å². The van der Waals surface area contributed by atoms with Crippen LogP contribution >= 0.6 is 0 Å². The van der Waals surface area contributed by atoms with Crippen molar-refractivity contribution in [2.75, 3.05) is 19.7 Å². The molecule has 1 aliphatic rings. The van der Waals surface area contributed by atoms with Crippen molar-refractivity contribution in [3.8, 4) is 11.8 Å². The highest BCUT2D eigenvalue weighted by atomic mass is 16.3. The van der Waals surface area contributed by atoms with Crippen molar-refractivity contribution in [2.24, 2.45) is 0 Å². The Kier molecular flexibility index (Phi) is 3.94. The van der Waals surface area contributed by atoms with Crippen LogP contribution in [-0.2, 0) is 0 Å². The molecule has 1 heterocycles. The summed E-state index contributed by atoms with van der Waals surface area (Å²) < 4.78 is 0. The topological polar surface area (TPSA) is 43.7 Å². The van der Waals surface area contributed by atoms with Crippen molar-refractivity contribution in [1.82, 2.24) is 4.90 Å².